The molecule has 0 unspecified atom stereocenters. The second kappa shape index (κ2) is 7.28. The minimum absolute atomic E-state index is 0.161. The predicted molar refractivity (Wildman–Crippen MR) is 77.7 cm³/mol. The van der Waals surface area contributed by atoms with Crippen LogP contribution in [0.2, 0.25) is 0 Å². The summed E-state index contributed by atoms with van der Waals surface area (Å²) in [5, 5.41) is 10.1. The molecule has 2 N–H and O–H groups in total. The molecule has 1 aromatic heterocycles. The van der Waals surface area contributed by atoms with Gasteiger partial charge in [-0.25, -0.2) is 4.79 Å². The highest BCUT2D eigenvalue weighted by Gasteiger charge is 2.24. The SMILES string of the molecule is COCCCn1ccc(NC(=O)N[C@H]2CCC[C@H]2C)n1. The van der Waals surface area contributed by atoms with Crippen LogP contribution in [-0.4, -0.2) is 35.6 Å². The lowest BCUT2D eigenvalue weighted by atomic mass is 10.1. The number of hydrogen-bond donors (Lipinski definition) is 2. The second-order valence-electron chi connectivity index (χ2n) is 5.42. The zero-order valence-electron chi connectivity index (χ0n) is 12.3. The Kier molecular flexibility index (Phi) is 5.40. The van der Waals surface area contributed by atoms with Crippen molar-refractivity contribution in [3.05, 3.63) is 12.3 Å². The Labute approximate surface area is 119 Å². The molecule has 1 aromatic rings. The van der Waals surface area contributed by atoms with E-state index in [1.54, 1.807) is 7.11 Å². The van der Waals surface area contributed by atoms with Gasteiger partial charge in [0.1, 0.15) is 0 Å². The van der Waals surface area contributed by atoms with Gasteiger partial charge in [0.15, 0.2) is 5.82 Å². The van der Waals surface area contributed by atoms with Crippen LogP contribution in [0.15, 0.2) is 12.3 Å². The number of carbonyl (C=O) groups is 1. The van der Waals surface area contributed by atoms with Gasteiger partial charge in [0.2, 0.25) is 0 Å². The van der Waals surface area contributed by atoms with Crippen LogP contribution >= 0.6 is 0 Å². The third-order valence-electron chi connectivity index (χ3n) is 3.80. The first-order valence-electron chi connectivity index (χ1n) is 7.29. The van der Waals surface area contributed by atoms with Crippen molar-refractivity contribution in [1.29, 1.82) is 0 Å². The molecule has 112 valence electrons. The molecule has 0 spiro atoms. The topological polar surface area (TPSA) is 68.2 Å². The van der Waals surface area contributed by atoms with Gasteiger partial charge in [0.25, 0.3) is 0 Å². The number of anilines is 1. The van der Waals surface area contributed by atoms with Gasteiger partial charge in [-0.05, 0) is 25.2 Å². The van der Waals surface area contributed by atoms with Crippen LogP contribution in [0.5, 0.6) is 0 Å². The summed E-state index contributed by atoms with van der Waals surface area (Å²) >= 11 is 0. The van der Waals surface area contributed by atoms with E-state index in [2.05, 4.69) is 22.7 Å². The molecule has 6 heteroatoms. The van der Waals surface area contributed by atoms with E-state index in [9.17, 15) is 4.79 Å². The molecule has 1 fully saturated rings. The first-order valence-corrected chi connectivity index (χ1v) is 7.29. The number of nitrogens with one attached hydrogen (secondary N) is 2. The quantitative estimate of drug-likeness (QED) is 0.785. The van der Waals surface area contributed by atoms with Crippen molar-refractivity contribution in [1.82, 2.24) is 15.1 Å². The molecule has 1 aliphatic rings. The molecule has 0 aliphatic heterocycles. The minimum Gasteiger partial charge on any atom is -0.385 e. The number of carbonyl (C=O) groups excluding carboxylic acids is 1. The first-order chi connectivity index (χ1) is 9.69. The Morgan fingerprint density at radius 3 is 3.10 bits per heavy atom. The molecule has 2 rings (SSSR count). The molecule has 2 amide bonds. The maximum absolute atomic E-state index is 11.9. The lowest BCUT2D eigenvalue weighted by Crippen LogP contribution is -2.39. The van der Waals surface area contributed by atoms with E-state index in [0.717, 1.165) is 19.4 Å². The predicted octanol–water partition coefficient (Wildman–Crippen LogP) is 2.23. The van der Waals surface area contributed by atoms with Gasteiger partial charge in [-0.2, -0.15) is 5.10 Å². The molecule has 2 atom stereocenters. The number of amides is 2. The van der Waals surface area contributed by atoms with Gasteiger partial charge in [0.05, 0.1) is 0 Å². The molecule has 1 heterocycles. The summed E-state index contributed by atoms with van der Waals surface area (Å²) in [4.78, 5) is 11.9. The first kappa shape index (κ1) is 14.8. The van der Waals surface area contributed by atoms with Crippen LogP contribution in [0.3, 0.4) is 0 Å². The number of nitrogens with zero attached hydrogens (tertiary/aromatic N) is 2. The lowest BCUT2D eigenvalue weighted by molar-refractivity contribution is 0.189. The van der Waals surface area contributed by atoms with Crippen molar-refractivity contribution in [3.8, 4) is 0 Å². The monoisotopic (exact) mass is 280 g/mol. The normalized spacial score (nSPS) is 21.9. The molecular weight excluding hydrogens is 256 g/mol. The molecule has 0 saturated heterocycles. The summed E-state index contributed by atoms with van der Waals surface area (Å²) in [6, 6.07) is 1.94. The van der Waals surface area contributed by atoms with Crippen LogP contribution in [0.4, 0.5) is 10.6 Å². The largest absolute Gasteiger partial charge is 0.385 e. The van der Waals surface area contributed by atoms with E-state index in [4.69, 9.17) is 4.74 Å². The molecular formula is C14H24N4O2. The maximum Gasteiger partial charge on any atom is 0.320 e. The Hall–Kier alpha value is -1.56. The van der Waals surface area contributed by atoms with Gasteiger partial charge in [-0.3, -0.25) is 10.00 Å². The molecule has 20 heavy (non-hydrogen) atoms. The number of ether oxygens (including phenoxy) is 1. The minimum atomic E-state index is -0.161. The number of aromatic nitrogens is 2. The Morgan fingerprint density at radius 1 is 1.55 bits per heavy atom. The standard InChI is InChI=1S/C14H24N4O2/c1-11-5-3-6-12(11)15-14(19)16-13-7-9-18(17-13)8-4-10-20-2/h7,9,11-12H,3-6,8,10H2,1-2H3,(H2,15,16,17,19)/t11-,12+/m1/s1. The van der Waals surface area contributed by atoms with Crippen molar-refractivity contribution in [2.75, 3.05) is 19.0 Å². The number of rotatable bonds is 6. The van der Waals surface area contributed by atoms with E-state index in [-0.39, 0.29) is 6.03 Å². The van der Waals surface area contributed by atoms with Crippen molar-refractivity contribution < 1.29 is 9.53 Å². The zero-order valence-corrected chi connectivity index (χ0v) is 12.3. The van der Waals surface area contributed by atoms with Crippen LogP contribution in [-0.2, 0) is 11.3 Å². The van der Waals surface area contributed by atoms with E-state index < -0.39 is 0 Å². The Morgan fingerprint density at radius 2 is 2.40 bits per heavy atom. The fourth-order valence-electron chi connectivity index (χ4n) is 2.60. The summed E-state index contributed by atoms with van der Waals surface area (Å²) in [7, 11) is 1.68. The molecule has 0 radical (unpaired) electrons. The number of urea groups is 1. The summed E-state index contributed by atoms with van der Waals surface area (Å²) in [6.07, 6.45) is 6.23. The Balaban J connectivity index is 1.76. The van der Waals surface area contributed by atoms with Gasteiger partial charge in [-0.1, -0.05) is 13.3 Å². The van der Waals surface area contributed by atoms with Crippen molar-refractivity contribution >= 4 is 11.8 Å². The summed E-state index contributed by atoms with van der Waals surface area (Å²) in [5.41, 5.74) is 0. The van der Waals surface area contributed by atoms with Gasteiger partial charge in [0, 0.05) is 38.6 Å². The van der Waals surface area contributed by atoms with Crippen LogP contribution in [0.25, 0.3) is 0 Å². The van der Waals surface area contributed by atoms with Crippen molar-refractivity contribution in [2.45, 2.75) is 45.2 Å². The highest BCUT2D eigenvalue weighted by atomic mass is 16.5. The van der Waals surface area contributed by atoms with Gasteiger partial charge in [-0.15, -0.1) is 0 Å². The second-order valence-corrected chi connectivity index (χ2v) is 5.42. The molecule has 6 nitrogen and oxygen atoms in total. The maximum atomic E-state index is 11.9. The fraction of sp³-hybridized carbons (Fsp3) is 0.714. The van der Waals surface area contributed by atoms with Crippen LogP contribution in [0, 0.1) is 5.92 Å². The van der Waals surface area contributed by atoms with E-state index >= 15 is 0 Å². The Bertz CT molecular complexity index is 433. The highest BCUT2D eigenvalue weighted by molar-refractivity contribution is 5.88. The highest BCUT2D eigenvalue weighted by Crippen LogP contribution is 2.24. The molecule has 0 aromatic carbocycles. The number of aryl methyl sites for hydroxylation is 1. The van der Waals surface area contributed by atoms with Gasteiger partial charge >= 0.3 is 6.03 Å². The lowest BCUT2D eigenvalue weighted by Gasteiger charge is -2.17. The van der Waals surface area contributed by atoms with Crippen molar-refractivity contribution in [2.24, 2.45) is 5.92 Å². The van der Waals surface area contributed by atoms with E-state index in [0.29, 0.717) is 24.4 Å². The van der Waals surface area contributed by atoms with Crippen molar-refractivity contribution in [3.63, 3.8) is 0 Å². The summed E-state index contributed by atoms with van der Waals surface area (Å²) in [6.45, 7) is 3.68. The summed E-state index contributed by atoms with van der Waals surface area (Å²) in [5.74, 6) is 1.15. The fourth-order valence-corrected chi connectivity index (χ4v) is 2.60. The zero-order chi connectivity index (χ0) is 14.4. The van der Waals surface area contributed by atoms with E-state index in [1.807, 2.05) is 16.9 Å². The molecule has 1 saturated carbocycles. The number of hydrogen-bond acceptors (Lipinski definition) is 3. The van der Waals surface area contributed by atoms with Crippen LogP contribution < -0.4 is 10.6 Å². The van der Waals surface area contributed by atoms with Gasteiger partial charge < -0.3 is 10.1 Å². The molecule has 1 aliphatic carbocycles. The third kappa shape index (κ3) is 4.23. The number of methoxy groups -OCH3 is 1. The smallest absolute Gasteiger partial charge is 0.320 e. The van der Waals surface area contributed by atoms with E-state index in [1.165, 1.54) is 12.8 Å². The average Bonchev–Trinajstić information content (AvgIpc) is 3.00. The molecule has 0 bridgehead atoms. The van der Waals surface area contributed by atoms with Crippen LogP contribution in [0.1, 0.15) is 32.6 Å². The summed E-state index contributed by atoms with van der Waals surface area (Å²) < 4.78 is 6.81. The third-order valence-corrected chi connectivity index (χ3v) is 3.80. The average molecular weight is 280 g/mol.